The lowest BCUT2D eigenvalue weighted by Crippen LogP contribution is -2.51. The minimum Gasteiger partial charge on any atom is -0.490 e. The van der Waals surface area contributed by atoms with Gasteiger partial charge in [-0.2, -0.15) is 11.8 Å². The molecule has 3 fully saturated rings. The van der Waals surface area contributed by atoms with Crippen molar-refractivity contribution in [1.82, 2.24) is 0 Å². The van der Waals surface area contributed by atoms with Crippen LogP contribution in [0.4, 0.5) is 10.5 Å². The van der Waals surface area contributed by atoms with Gasteiger partial charge in [-0.05, 0) is 162 Å². The molecular formula is C51H87NO6S. The zero-order valence-electron chi connectivity index (χ0n) is 40.1. The van der Waals surface area contributed by atoms with E-state index in [2.05, 4.69) is 65.1 Å². The van der Waals surface area contributed by atoms with Gasteiger partial charge < -0.3 is 19.3 Å². The van der Waals surface area contributed by atoms with Crippen LogP contribution in [0.2, 0.25) is 0 Å². The van der Waals surface area contributed by atoms with Crippen molar-refractivity contribution in [2.75, 3.05) is 17.8 Å². The molecule has 0 spiro atoms. The molecule has 59 heavy (non-hydrogen) atoms. The first-order valence-electron chi connectivity index (χ1n) is 23.2. The van der Waals surface area contributed by atoms with Crippen LogP contribution in [-0.4, -0.2) is 54.1 Å². The van der Waals surface area contributed by atoms with E-state index in [0.717, 1.165) is 61.5 Å². The van der Waals surface area contributed by atoms with E-state index in [0.29, 0.717) is 34.3 Å². The number of benzene rings is 1. The van der Waals surface area contributed by atoms with Crippen LogP contribution in [0.15, 0.2) is 48.1 Å². The Labute approximate surface area is 366 Å². The Morgan fingerprint density at radius 2 is 1.51 bits per heavy atom. The predicted octanol–water partition coefficient (Wildman–Crippen LogP) is 13.9. The fourth-order valence-corrected chi connectivity index (χ4v) is 9.96. The summed E-state index contributed by atoms with van der Waals surface area (Å²) in [4.78, 5) is 22.4. The number of aliphatic hydroxyl groups is 1. The smallest absolute Gasteiger partial charge is 0.411 e. The number of rotatable bonds is 12. The number of hydrogen-bond acceptors (Lipinski definition) is 7. The van der Waals surface area contributed by atoms with Crippen LogP contribution in [0.1, 0.15) is 161 Å². The van der Waals surface area contributed by atoms with Crippen molar-refractivity contribution < 1.29 is 28.9 Å². The maximum Gasteiger partial charge on any atom is 0.411 e. The van der Waals surface area contributed by atoms with Crippen LogP contribution in [0.3, 0.4) is 0 Å². The molecular weight excluding hydrogens is 755 g/mol. The van der Waals surface area contributed by atoms with Gasteiger partial charge in [0.15, 0.2) is 0 Å². The first-order chi connectivity index (χ1) is 27.8. The monoisotopic (exact) mass is 842 g/mol. The van der Waals surface area contributed by atoms with E-state index in [1.165, 1.54) is 45.4 Å². The van der Waals surface area contributed by atoms with Crippen LogP contribution in [-0.2, 0) is 14.3 Å². The van der Waals surface area contributed by atoms with Gasteiger partial charge in [-0.15, -0.1) is 0 Å². The van der Waals surface area contributed by atoms with Gasteiger partial charge >= 0.3 is 12.1 Å². The molecule has 8 heteroatoms. The summed E-state index contributed by atoms with van der Waals surface area (Å²) in [6, 6.07) is 7.76. The van der Waals surface area contributed by atoms with Crippen molar-refractivity contribution >= 4 is 29.5 Å². The number of aliphatic hydroxyl groups excluding tert-OH is 1. The Balaban J connectivity index is 0.000000637. The van der Waals surface area contributed by atoms with E-state index < -0.39 is 6.09 Å². The highest BCUT2D eigenvalue weighted by Crippen LogP contribution is 2.67. The summed E-state index contributed by atoms with van der Waals surface area (Å²) in [6.45, 7) is 27.7. The standard InChI is InChI=1S/C39H59NO3.C6H12O2.C4H10O.C2H6S/c1-9-28(6)42-37(41)40-30-11-10-12-31(24-30)43-32-19-21-38(7)29(23-32)15-16-33-35-18-17-34(39(35,8)22-20-36(33)38)27(5)14-13-26(4)25(2)3;1-4-5(2)8-6(3)7;1-3-4(2)5;1-3-2/h10-15,24-28,32-36H,9,16-23H2,1-8H3,(H,40,41);5H,4H2,1-3H3;4-5H,3H2,1-2H3;1-2H3. The summed E-state index contributed by atoms with van der Waals surface area (Å²) in [5.74, 6) is 5.98. The summed E-state index contributed by atoms with van der Waals surface area (Å²) in [6.07, 6.45) is 24.1. The second-order valence-electron chi connectivity index (χ2n) is 19.1. The van der Waals surface area contributed by atoms with Crippen LogP contribution in [0.25, 0.3) is 0 Å². The maximum absolute atomic E-state index is 12.2. The highest BCUT2D eigenvalue weighted by atomic mass is 32.2. The third-order valence-corrected chi connectivity index (χ3v) is 14.3. The second-order valence-corrected chi connectivity index (χ2v) is 19.9. The van der Waals surface area contributed by atoms with Crippen LogP contribution < -0.4 is 10.1 Å². The minimum atomic E-state index is -0.411. The van der Waals surface area contributed by atoms with Crippen molar-refractivity contribution in [3.63, 3.8) is 0 Å². The number of allylic oxidation sites excluding steroid dienone is 3. The molecule has 0 radical (unpaired) electrons. The lowest BCUT2D eigenvalue weighted by atomic mass is 9.47. The lowest BCUT2D eigenvalue weighted by molar-refractivity contribution is -0.145. The number of anilines is 1. The minimum absolute atomic E-state index is 0.0764. The van der Waals surface area contributed by atoms with E-state index in [1.807, 2.05) is 71.4 Å². The molecule has 0 saturated heterocycles. The van der Waals surface area contributed by atoms with Crippen LogP contribution in [0.5, 0.6) is 5.75 Å². The molecule has 5 rings (SSSR count). The highest BCUT2D eigenvalue weighted by Gasteiger charge is 2.59. The van der Waals surface area contributed by atoms with Gasteiger partial charge in [0, 0.05) is 25.1 Å². The molecule has 3 saturated carbocycles. The van der Waals surface area contributed by atoms with Crippen LogP contribution in [0, 0.1) is 52.3 Å². The number of carbonyl (C=O) groups is 2. The van der Waals surface area contributed by atoms with Crippen molar-refractivity contribution in [1.29, 1.82) is 0 Å². The molecule has 1 amide bonds. The molecule has 4 aliphatic carbocycles. The SMILES string of the molecule is CCC(C)O.CCC(C)OC(=O)Nc1cccc(OC2CCC3(C)C(=CCC4C3CCC3(C)C(C(C)C=CC(C)C(C)C)CCC43)C2)c1.CCC(C)OC(C)=O.CSC. The summed E-state index contributed by atoms with van der Waals surface area (Å²) in [5.41, 5.74) is 3.15. The Kier molecular flexibility index (Phi) is 22.8. The van der Waals surface area contributed by atoms with E-state index in [9.17, 15) is 9.59 Å². The molecule has 1 aromatic carbocycles. The van der Waals surface area contributed by atoms with E-state index in [1.54, 1.807) is 24.3 Å². The van der Waals surface area contributed by atoms with E-state index in [4.69, 9.17) is 19.3 Å². The Bertz CT molecular complexity index is 1460. The molecule has 12 atom stereocenters. The first kappa shape index (κ1) is 52.7. The van der Waals surface area contributed by atoms with Gasteiger partial charge in [-0.3, -0.25) is 10.1 Å². The zero-order valence-corrected chi connectivity index (χ0v) is 40.9. The molecule has 0 bridgehead atoms. The predicted molar refractivity (Wildman–Crippen MR) is 251 cm³/mol. The Hall–Kier alpha value is -2.45. The van der Waals surface area contributed by atoms with E-state index >= 15 is 0 Å². The molecule has 12 unspecified atom stereocenters. The van der Waals surface area contributed by atoms with Crippen molar-refractivity contribution in [2.24, 2.45) is 52.3 Å². The first-order valence-corrected chi connectivity index (χ1v) is 24.8. The molecule has 0 heterocycles. The number of amides is 1. The molecule has 0 aromatic heterocycles. The molecule has 1 aromatic rings. The van der Waals surface area contributed by atoms with Crippen molar-refractivity contribution in [3.05, 3.63) is 48.1 Å². The number of ether oxygens (including phenoxy) is 3. The van der Waals surface area contributed by atoms with Gasteiger partial charge in [0.2, 0.25) is 0 Å². The molecule has 7 nitrogen and oxygen atoms in total. The third kappa shape index (κ3) is 15.8. The number of esters is 1. The normalized spacial score (nSPS) is 29.4. The number of hydrogen-bond donors (Lipinski definition) is 2. The largest absolute Gasteiger partial charge is 0.490 e. The summed E-state index contributed by atoms with van der Waals surface area (Å²) in [7, 11) is 0. The number of nitrogens with one attached hydrogen (secondary N) is 1. The topological polar surface area (TPSA) is 94.1 Å². The van der Waals surface area contributed by atoms with Gasteiger partial charge in [0.05, 0.1) is 12.2 Å². The number of fused-ring (bicyclic) bond motifs is 5. The zero-order chi connectivity index (χ0) is 44.5. The third-order valence-electron chi connectivity index (χ3n) is 14.3. The van der Waals surface area contributed by atoms with E-state index in [-0.39, 0.29) is 30.4 Å². The molecule has 2 N–H and O–H groups in total. The number of carbonyl (C=O) groups excluding carboxylic acids is 2. The van der Waals surface area contributed by atoms with Crippen molar-refractivity contribution in [2.45, 2.75) is 185 Å². The highest BCUT2D eigenvalue weighted by molar-refractivity contribution is 7.97. The molecule has 4 aliphatic rings. The summed E-state index contributed by atoms with van der Waals surface area (Å²) in [5, 5.41) is 11.2. The summed E-state index contributed by atoms with van der Waals surface area (Å²) < 4.78 is 16.7. The maximum atomic E-state index is 12.2. The Morgan fingerprint density at radius 1 is 0.881 bits per heavy atom. The summed E-state index contributed by atoms with van der Waals surface area (Å²) >= 11 is 1.75. The quantitative estimate of drug-likeness (QED) is 0.160. The van der Waals surface area contributed by atoms with Crippen LogP contribution >= 0.6 is 11.8 Å². The fourth-order valence-electron chi connectivity index (χ4n) is 9.96. The molecule has 338 valence electrons. The average Bonchev–Trinajstić information content (AvgIpc) is 3.54. The molecule has 0 aliphatic heterocycles. The second kappa shape index (κ2) is 25.5. The van der Waals surface area contributed by atoms with Crippen molar-refractivity contribution in [3.8, 4) is 5.75 Å². The Morgan fingerprint density at radius 3 is 2.07 bits per heavy atom. The van der Waals surface area contributed by atoms with Gasteiger partial charge in [-0.1, -0.05) is 92.2 Å². The lowest BCUT2D eigenvalue weighted by Gasteiger charge is -2.58. The fraction of sp³-hybridized carbons (Fsp3) is 0.765. The number of thioether (sulfide) groups is 1. The van der Waals surface area contributed by atoms with Gasteiger partial charge in [0.25, 0.3) is 0 Å². The van der Waals surface area contributed by atoms with Gasteiger partial charge in [-0.25, -0.2) is 4.79 Å². The van der Waals surface area contributed by atoms with Gasteiger partial charge in [0.1, 0.15) is 18.0 Å². The average molecular weight is 842 g/mol.